The summed E-state index contributed by atoms with van der Waals surface area (Å²) >= 11 is 1.72. The summed E-state index contributed by atoms with van der Waals surface area (Å²) in [4.78, 5) is 16.8. The first-order chi connectivity index (χ1) is 12.0. The summed E-state index contributed by atoms with van der Waals surface area (Å²) in [6, 6.07) is 11.1. The van der Waals surface area contributed by atoms with Crippen molar-refractivity contribution in [2.75, 3.05) is 13.1 Å². The lowest BCUT2D eigenvalue weighted by Gasteiger charge is -2.33. The molecule has 2 aromatic rings. The fourth-order valence-electron chi connectivity index (χ4n) is 3.37. The molecule has 1 aromatic heterocycles. The molecule has 3 nitrogen and oxygen atoms in total. The summed E-state index contributed by atoms with van der Waals surface area (Å²) in [7, 11) is 0. The molecule has 1 saturated heterocycles. The highest BCUT2D eigenvalue weighted by Crippen LogP contribution is 2.24. The van der Waals surface area contributed by atoms with Crippen LogP contribution in [0.2, 0.25) is 0 Å². The SMILES string of the molecule is Cc1ccc([C@H](C)NC(=O)N2CCC(Cc3cccc(F)c3)CC2)s1. The van der Waals surface area contributed by atoms with Crippen LogP contribution in [0.3, 0.4) is 0 Å². The van der Waals surface area contributed by atoms with Crippen LogP contribution in [0.25, 0.3) is 0 Å². The number of rotatable bonds is 4. The number of amides is 2. The summed E-state index contributed by atoms with van der Waals surface area (Å²) in [5.41, 5.74) is 1.05. The van der Waals surface area contributed by atoms with Crippen LogP contribution in [0.5, 0.6) is 0 Å². The minimum Gasteiger partial charge on any atom is -0.331 e. The van der Waals surface area contributed by atoms with Gasteiger partial charge in [-0.15, -0.1) is 11.3 Å². The third kappa shape index (κ3) is 4.82. The second-order valence-corrected chi connectivity index (χ2v) is 8.20. The molecule has 0 aliphatic carbocycles. The van der Waals surface area contributed by atoms with E-state index in [1.54, 1.807) is 23.5 Å². The van der Waals surface area contributed by atoms with Crippen LogP contribution in [0.15, 0.2) is 36.4 Å². The molecule has 0 radical (unpaired) electrons. The fraction of sp³-hybridized carbons (Fsp3) is 0.450. The van der Waals surface area contributed by atoms with E-state index in [1.807, 2.05) is 17.9 Å². The van der Waals surface area contributed by atoms with Crippen molar-refractivity contribution < 1.29 is 9.18 Å². The Morgan fingerprint density at radius 2 is 2.08 bits per heavy atom. The van der Waals surface area contributed by atoms with Gasteiger partial charge in [0.05, 0.1) is 6.04 Å². The van der Waals surface area contributed by atoms with E-state index in [1.165, 1.54) is 15.8 Å². The second-order valence-electron chi connectivity index (χ2n) is 6.88. The molecule has 5 heteroatoms. The van der Waals surface area contributed by atoms with Gasteiger partial charge in [-0.3, -0.25) is 0 Å². The molecule has 2 heterocycles. The average molecular weight is 360 g/mol. The van der Waals surface area contributed by atoms with Gasteiger partial charge < -0.3 is 10.2 Å². The van der Waals surface area contributed by atoms with Gasteiger partial charge in [0.1, 0.15) is 5.82 Å². The third-order valence-corrected chi connectivity index (χ3v) is 6.03. The van der Waals surface area contributed by atoms with Crippen molar-refractivity contribution in [3.63, 3.8) is 0 Å². The Balaban J connectivity index is 1.47. The number of hydrogen-bond donors (Lipinski definition) is 1. The van der Waals surface area contributed by atoms with Gasteiger partial charge in [0.2, 0.25) is 0 Å². The molecule has 2 amide bonds. The van der Waals surface area contributed by atoms with E-state index in [-0.39, 0.29) is 17.9 Å². The first-order valence-electron chi connectivity index (χ1n) is 8.87. The van der Waals surface area contributed by atoms with Gasteiger partial charge >= 0.3 is 6.03 Å². The monoisotopic (exact) mass is 360 g/mol. The molecule has 1 aliphatic rings. The number of nitrogens with zero attached hydrogens (tertiary/aromatic N) is 1. The average Bonchev–Trinajstić information content (AvgIpc) is 3.02. The predicted octanol–water partition coefficient (Wildman–Crippen LogP) is 4.92. The largest absolute Gasteiger partial charge is 0.331 e. The number of aryl methyl sites for hydroxylation is 1. The number of likely N-dealkylation sites (tertiary alicyclic amines) is 1. The molecule has 25 heavy (non-hydrogen) atoms. The summed E-state index contributed by atoms with van der Waals surface area (Å²) in [6.45, 7) is 5.63. The highest BCUT2D eigenvalue weighted by molar-refractivity contribution is 7.12. The Labute approximate surface area is 152 Å². The number of hydrogen-bond acceptors (Lipinski definition) is 2. The van der Waals surface area contributed by atoms with Crippen LogP contribution in [-0.4, -0.2) is 24.0 Å². The molecule has 0 spiro atoms. The van der Waals surface area contributed by atoms with Gasteiger partial charge in [-0.1, -0.05) is 12.1 Å². The fourth-order valence-corrected chi connectivity index (χ4v) is 4.25. The van der Waals surface area contributed by atoms with Crippen LogP contribution in [0.4, 0.5) is 9.18 Å². The van der Waals surface area contributed by atoms with Crippen molar-refractivity contribution in [1.29, 1.82) is 0 Å². The van der Waals surface area contributed by atoms with Crippen LogP contribution in [-0.2, 0) is 6.42 Å². The topological polar surface area (TPSA) is 32.3 Å². The van der Waals surface area contributed by atoms with Gasteiger partial charge in [-0.05, 0) is 68.9 Å². The zero-order valence-corrected chi connectivity index (χ0v) is 15.6. The van der Waals surface area contributed by atoms with E-state index in [0.717, 1.165) is 37.9 Å². The zero-order chi connectivity index (χ0) is 17.8. The van der Waals surface area contributed by atoms with E-state index >= 15 is 0 Å². The molecule has 1 aliphatic heterocycles. The Morgan fingerprint density at radius 3 is 2.72 bits per heavy atom. The predicted molar refractivity (Wildman–Crippen MR) is 100 cm³/mol. The number of benzene rings is 1. The lowest BCUT2D eigenvalue weighted by molar-refractivity contribution is 0.168. The lowest BCUT2D eigenvalue weighted by Crippen LogP contribution is -2.45. The quantitative estimate of drug-likeness (QED) is 0.824. The summed E-state index contributed by atoms with van der Waals surface area (Å²) in [6.07, 6.45) is 2.82. The summed E-state index contributed by atoms with van der Waals surface area (Å²) in [5, 5.41) is 3.10. The van der Waals surface area contributed by atoms with Gasteiger partial charge in [0, 0.05) is 22.8 Å². The van der Waals surface area contributed by atoms with Crippen molar-refractivity contribution in [3.05, 3.63) is 57.5 Å². The molecule has 0 unspecified atom stereocenters. The number of carbonyl (C=O) groups is 1. The molecule has 134 valence electrons. The number of carbonyl (C=O) groups excluding carboxylic acids is 1. The maximum atomic E-state index is 13.3. The standard InChI is InChI=1S/C20H25FN2OS/c1-14-6-7-19(25-14)15(2)22-20(24)23-10-8-16(9-11-23)12-17-4-3-5-18(21)13-17/h3-7,13,15-16H,8-12H2,1-2H3,(H,22,24)/t15-/m0/s1. The molecule has 1 N–H and O–H groups in total. The molecular weight excluding hydrogens is 335 g/mol. The normalized spacial score (nSPS) is 16.7. The first-order valence-corrected chi connectivity index (χ1v) is 9.69. The molecule has 1 aromatic carbocycles. The van der Waals surface area contributed by atoms with Crippen LogP contribution in [0.1, 0.15) is 41.1 Å². The van der Waals surface area contributed by atoms with Gasteiger partial charge in [0.25, 0.3) is 0 Å². The van der Waals surface area contributed by atoms with Crippen LogP contribution in [0, 0.1) is 18.7 Å². The van der Waals surface area contributed by atoms with Crippen LogP contribution < -0.4 is 5.32 Å². The number of thiophene rings is 1. The van der Waals surface area contributed by atoms with E-state index in [9.17, 15) is 9.18 Å². The highest BCUT2D eigenvalue weighted by atomic mass is 32.1. The van der Waals surface area contributed by atoms with Gasteiger partial charge in [-0.25, -0.2) is 9.18 Å². The summed E-state index contributed by atoms with van der Waals surface area (Å²) < 4.78 is 13.3. The number of urea groups is 1. The van der Waals surface area contributed by atoms with E-state index in [4.69, 9.17) is 0 Å². The van der Waals surface area contributed by atoms with Gasteiger partial charge in [-0.2, -0.15) is 0 Å². The van der Waals surface area contributed by atoms with Crippen molar-refractivity contribution >= 4 is 17.4 Å². The van der Waals surface area contributed by atoms with Crippen LogP contribution >= 0.6 is 11.3 Å². The Morgan fingerprint density at radius 1 is 1.32 bits per heavy atom. The second kappa shape index (κ2) is 8.00. The molecular formula is C20H25FN2OS. The number of halogens is 1. The number of nitrogens with one attached hydrogen (secondary N) is 1. The minimum atomic E-state index is -0.174. The van der Waals surface area contributed by atoms with Crippen molar-refractivity contribution in [2.45, 2.75) is 39.2 Å². The Kier molecular flexibility index (Phi) is 5.74. The van der Waals surface area contributed by atoms with E-state index in [0.29, 0.717) is 5.92 Å². The Hall–Kier alpha value is -1.88. The molecule has 1 fully saturated rings. The van der Waals surface area contributed by atoms with Crippen molar-refractivity contribution in [1.82, 2.24) is 10.2 Å². The zero-order valence-electron chi connectivity index (χ0n) is 14.8. The maximum absolute atomic E-state index is 13.3. The highest BCUT2D eigenvalue weighted by Gasteiger charge is 2.24. The lowest BCUT2D eigenvalue weighted by atomic mass is 9.90. The number of piperidine rings is 1. The third-order valence-electron chi connectivity index (χ3n) is 4.84. The van der Waals surface area contributed by atoms with E-state index in [2.05, 4.69) is 24.4 Å². The van der Waals surface area contributed by atoms with E-state index < -0.39 is 0 Å². The molecule has 0 saturated carbocycles. The smallest absolute Gasteiger partial charge is 0.317 e. The molecule has 1 atom stereocenters. The molecule has 3 rings (SSSR count). The van der Waals surface area contributed by atoms with Crippen molar-refractivity contribution in [2.24, 2.45) is 5.92 Å². The Bertz CT molecular complexity index is 722. The molecule has 0 bridgehead atoms. The summed E-state index contributed by atoms with van der Waals surface area (Å²) in [5.74, 6) is 0.343. The van der Waals surface area contributed by atoms with Crippen molar-refractivity contribution in [3.8, 4) is 0 Å². The maximum Gasteiger partial charge on any atom is 0.317 e. The first kappa shape index (κ1) is 17.9. The van der Waals surface area contributed by atoms with Gasteiger partial charge in [0.15, 0.2) is 0 Å². The minimum absolute atomic E-state index is 0.0164.